The highest BCUT2D eigenvalue weighted by Crippen LogP contribution is 2.20. The van der Waals surface area contributed by atoms with E-state index in [1.54, 1.807) is 23.1 Å². The van der Waals surface area contributed by atoms with E-state index in [9.17, 15) is 9.18 Å². The fourth-order valence-electron chi connectivity index (χ4n) is 2.00. The fraction of sp³-hybridized carbons (Fsp3) is 0.417. The monoisotopic (exact) mass is 238 g/mol. The average molecular weight is 238 g/mol. The summed E-state index contributed by atoms with van der Waals surface area (Å²) in [5.41, 5.74) is 0.474. The Morgan fingerprint density at radius 1 is 1.47 bits per heavy atom. The van der Waals surface area contributed by atoms with Crippen LogP contribution in [0.1, 0.15) is 0 Å². The number of aliphatic carboxylic acids is 1. The molecule has 0 bridgehead atoms. The van der Waals surface area contributed by atoms with Gasteiger partial charge in [-0.25, -0.2) is 4.39 Å². The lowest BCUT2D eigenvalue weighted by atomic mass is 10.1. The van der Waals surface area contributed by atoms with Crippen LogP contribution in [0.2, 0.25) is 0 Å². The first-order valence-corrected chi connectivity index (χ1v) is 5.61. The third-order valence-electron chi connectivity index (χ3n) is 2.93. The minimum atomic E-state index is -0.847. The Bertz CT molecular complexity index is 411. The Morgan fingerprint density at radius 2 is 2.24 bits per heavy atom. The quantitative estimate of drug-likeness (QED) is 0.805. The summed E-state index contributed by atoms with van der Waals surface area (Å²) in [6.45, 7) is 2.05. The maximum absolute atomic E-state index is 13.6. The van der Waals surface area contributed by atoms with Crippen molar-refractivity contribution < 1.29 is 14.3 Å². The van der Waals surface area contributed by atoms with E-state index in [1.165, 1.54) is 6.07 Å². The van der Waals surface area contributed by atoms with Crippen molar-refractivity contribution in [3.63, 3.8) is 0 Å². The molecule has 0 radical (unpaired) electrons. The van der Waals surface area contributed by atoms with E-state index in [-0.39, 0.29) is 5.82 Å². The number of anilines is 1. The predicted octanol–water partition coefficient (Wildman–Crippen LogP) is 0.936. The van der Waals surface area contributed by atoms with Gasteiger partial charge in [-0.05, 0) is 12.1 Å². The number of carbonyl (C=O) groups is 1. The van der Waals surface area contributed by atoms with Crippen molar-refractivity contribution in [1.29, 1.82) is 0 Å². The normalized spacial score (nSPS) is 21.0. The maximum Gasteiger partial charge on any atom is 0.309 e. The Morgan fingerprint density at radius 3 is 2.94 bits per heavy atom. The van der Waals surface area contributed by atoms with Gasteiger partial charge in [-0.3, -0.25) is 4.79 Å². The minimum Gasteiger partial charge on any atom is -0.481 e. The number of halogens is 1. The van der Waals surface area contributed by atoms with E-state index in [4.69, 9.17) is 5.11 Å². The summed E-state index contributed by atoms with van der Waals surface area (Å²) < 4.78 is 13.6. The molecule has 92 valence electrons. The summed E-state index contributed by atoms with van der Waals surface area (Å²) in [7, 11) is 0. The van der Waals surface area contributed by atoms with Gasteiger partial charge >= 0.3 is 5.97 Å². The van der Waals surface area contributed by atoms with Crippen LogP contribution in [0.25, 0.3) is 0 Å². The molecule has 0 aliphatic carbocycles. The molecule has 2 N–H and O–H groups in total. The molecule has 1 fully saturated rings. The highest BCUT2D eigenvalue weighted by molar-refractivity contribution is 5.71. The molecule has 1 heterocycles. The SMILES string of the molecule is O=C(O)C1CNCCN(c2ccccc2F)C1. The number of para-hydroxylation sites is 1. The number of hydrogen-bond acceptors (Lipinski definition) is 3. The predicted molar refractivity (Wildman–Crippen MR) is 62.6 cm³/mol. The molecule has 1 saturated heterocycles. The number of carboxylic acids is 1. The molecule has 0 amide bonds. The number of benzene rings is 1. The topological polar surface area (TPSA) is 52.6 Å². The van der Waals surface area contributed by atoms with Crippen molar-refractivity contribution in [3.8, 4) is 0 Å². The van der Waals surface area contributed by atoms with Crippen LogP contribution in [0.3, 0.4) is 0 Å². The van der Waals surface area contributed by atoms with Gasteiger partial charge in [-0.1, -0.05) is 12.1 Å². The van der Waals surface area contributed by atoms with Gasteiger partial charge in [0.25, 0.3) is 0 Å². The van der Waals surface area contributed by atoms with Gasteiger partial charge in [-0.2, -0.15) is 0 Å². The number of carboxylic acid groups (broad SMARTS) is 1. The van der Waals surface area contributed by atoms with Crippen LogP contribution in [0, 0.1) is 11.7 Å². The zero-order chi connectivity index (χ0) is 12.3. The lowest BCUT2D eigenvalue weighted by Crippen LogP contribution is -2.34. The molecule has 5 heteroatoms. The number of nitrogens with zero attached hydrogens (tertiary/aromatic N) is 1. The summed E-state index contributed by atoms with van der Waals surface area (Å²) in [6.07, 6.45) is 0. The second kappa shape index (κ2) is 5.14. The molecule has 4 nitrogen and oxygen atoms in total. The summed E-state index contributed by atoms with van der Waals surface area (Å²) in [6, 6.07) is 6.46. The molecular weight excluding hydrogens is 223 g/mol. The van der Waals surface area contributed by atoms with Gasteiger partial charge in [0, 0.05) is 26.2 Å². The van der Waals surface area contributed by atoms with Crippen LogP contribution in [0.4, 0.5) is 10.1 Å². The molecule has 17 heavy (non-hydrogen) atoms. The van der Waals surface area contributed by atoms with Crippen molar-refractivity contribution in [2.45, 2.75) is 0 Å². The molecule has 1 aliphatic heterocycles. The van der Waals surface area contributed by atoms with E-state index < -0.39 is 11.9 Å². The molecule has 1 atom stereocenters. The first kappa shape index (κ1) is 11.9. The second-order valence-electron chi connectivity index (χ2n) is 4.14. The van der Waals surface area contributed by atoms with E-state index >= 15 is 0 Å². The minimum absolute atomic E-state index is 0.307. The molecule has 1 aliphatic rings. The first-order valence-electron chi connectivity index (χ1n) is 5.61. The third kappa shape index (κ3) is 2.74. The molecule has 1 aromatic rings. The summed E-state index contributed by atoms with van der Waals surface area (Å²) in [5, 5.41) is 12.1. The van der Waals surface area contributed by atoms with E-state index in [0.29, 0.717) is 31.9 Å². The Balaban J connectivity index is 2.19. The van der Waals surface area contributed by atoms with Gasteiger partial charge in [-0.15, -0.1) is 0 Å². The highest BCUT2D eigenvalue weighted by atomic mass is 19.1. The fourth-order valence-corrected chi connectivity index (χ4v) is 2.00. The summed E-state index contributed by atoms with van der Waals surface area (Å²) in [4.78, 5) is 12.8. The molecule has 0 saturated carbocycles. The Kier molecular flexibility index (Phi) is 3.58. The van der Waals surface area contributed by atoms with Crippen molar-refractivity contribution in [1.82, 2.24) is 5.32 Å². The van der Waals surface area contributed by atoms with Crippen LogP contribution in [0.15, 0.2) is 24.3 Å². The third-order valence-corrected chi connectivity index (χ3v) is 2.93. The van der Waals surface area contributed by atoms with E-state index in [2.05, 4.69) is 5.32 Å². The molecule has 0 spiro atoms. The Labute approximate surface area is 99.0 Å². The van der Waals surface area contributed by atoms with Gasteiger partial charge in [0.05, 0.1) is 11.6 Å². The second-order valence-corrected chi connectivity index (χ2v) is 4.14. The van der Waals surface area contributed by atoms with Gasteiger partial charge in [0.1, 0.15) is 5.82 Å². The van der Waals surface area contributed by atoms with Crippen LogP contribution in [0.5, 0.6) is 0 Å². The molecular formula is C12H15FN2O2. The highest BCUT2D eigenvalue weighted by Gasteiger charge is 2.24. The maximum atomic E-state index is 13.6. The molecule has 1 aromatic carbocycles. The van der Waals surface area contributed by atoms with E-state index in [1.807, 2.05) is 0 Å². The zero-order valence-corrected chi connectivity index (χ0v) is 9.40. The lowest BCUT2D eigenvalue weighted by Gasteiger charge is -2.24. The van der Waals surface area contributed by atoms with Crippen molar-refractivity contribution in [3.05, 3.63) is 30.1 Å². The largest absolute Gasteiger partial charge is 0.481 e. The zero-order valence-electron chi connectivity index (χ0n) is 9.40. The van der Waals surface area contributed by atoms with E-state index in [0.717, 1.165) is 0 Å². The van der Waals surface area contributed by atoms with Crippen LogP contribution in [-0.4, -0.2) is 37.3 Å². The number of rotatable bonds is 2. The van der Waals surface area contributed by atoms with Crippen molar-refractivity contribution in [2.75, 3.05) is 31.1 Å². The van der Waals surface area contributed by atoms with Gasteiger partial charge in [0.2, 0.25) is 0 Å². The first-order chi connectivity index (χ1) is 8.18. The molecule has 1 unspecified atom stereocenters. The standard InChI is InChI=1S/C12H15FN2O2/c13-10-3-1-2-4-11(10)15-6-5-14-7-9(8-15)12(16)17/h1-4,9,14H,5-8H2,(H,16,17). The van der Waals surface area contributed by atoms with Gasteiger partial charge < -0.3 is 15.3 Å². The lowest BCUT2D eigenvalue weighted by molar-refractivity contribution is -0.141. The van der Waals surface area contributed by atoms with Crippen LogP contribution >= 0.6 is 0 Å². The summed E-state index contributed by atoms with van der Waals surface area (Å²) >= 11 is 0. The van der Waals surface area contributed by atoms with Gasteiger partial charge in [0.15, 0.2) is 0 Å². The van der Waals surface area contributed by atoms with Crippen molar-refractivity contribution in [2.24, 2.45) is 5.92 Å². The Hall–Kier alpha value is -1.62. The van der Waals surface area contributed by atoms with Crippen LogP contribution in [-0.2, 0) is 4.79 Å². The molecule has 0 aromatic heterocycles. The van der Waals surface area contributed by atoms with Crippen LogP contribution < -0.4 is 10.2 Å². The van der Waals surface area contributed by atoms with Crippen molar-refractivity contribution >= 4 is 11.7 Å². The smallest absolute Gasteiger partial charge is 0.309 e. The number of nitrogens with one attached hydrogen (secondary N) is 1. The molecule has 2 rings (SSSR count). The summed E-state index contributed by atoms with van der Waals surface area (Å²) in [5.74, 6) is -1.66. The number of hydrogen-bond donors (Lipinski definition) is 2. The average Bonchev–Trinajstić information content (AvgIpc) is 2.55.